The fourth-order valence-corrected chi connectivity index (χ4v) is 9.37. The first kappa shape index (κ1) is 32.7. The molecule has 3 saturated heterocycles. The van der Waals surface area contributed by atoms with Crippen LogP contribution in [0.2, 0.25) is 0 Å². The van der Waals surface area contributed by atoms with Gasteiger partial charge in [0.2, 0.25) is 0 Å². The smallest absolute Gasteiger partial charge is 0.346 e. The van der Waals surface area contributed by atoms with Crippen molar-refractivity contribution in [2.45, 2.75) is 205 Å². The molecule has 8 nitrogen and oxygen atoms in total. The number of nitrogens with one attached hydrogen (secondary N) is 3. The van der Waals surface area contributed by atoms with Gasteiger partial charge in [-0.3, -0.25) is 15.2 Å². The van der Waals surface area contributed by atoms with Crippen molar-refractivity contribution in [1.82, 2.24) is 20.9 Å². The third-order valence-corrected chi connectivity index (χ3v) is 11.7. The van der Waals surface area contributed by atoms with E-state index in [0.29, 0.717) is 24.2 Å². The number of rotatable bonds is 16. The molecule has 8 atom stereocenters. The lowest BCUT2D eigenvalue weighted by Gasteiger charge is -2.42. The summed E-state index contributed by atoms with van der Waals surface area (Å²) in [6.07, 6.45) is 24.8. The van der Waals surface area contributed by atoms with Gasteiger partial charge in [-0.15, -0.1) is 0 Å². The highest BCUT2D eigenvalue weighted by Crippen LogP contribution is 2.40. The molecule has 6 aliphatic rings. The number of hydrogen-bond acceptors (Lipinski definition) is 7. The largest absolute Gasteiger partial charge is 0.459 e. The minimum absolute atomic E-state index is 0.0634. The summed E-state index contributed by atoms with van der Waals surface area (Å²) < 4.78 is 8.73. The van der Waals surface area contributed by atoms with E-state index < -0.39 is 0 Å². The van der Waals surface area contributed by atoms with Crippen LogP contribution in [0.4, 0.5) is 0 Å². The minimum Gasteiger partial charge on any atom is -0.459 e. The molecule has 1 unspecified atom stereocenters. The zero-order valence-electron chi connectivity index (χ0n) is 28.9. The zero-order chi connectivity index (χ0) is 31.3. The van der Waals surface area contributed by atoms with Gasteiger partial charge in [0.15, 0.2) is 5.96 Å². The zero-order valence-corrected chi connectivity index (χ0v) is 28.9. The molecule has 0 amide bonds. The monoisotopic (exact) mass is 624 g/mol. The first-order chi connectivity index (χ1) is 21.9. The molecule has 6 heterocycles. The molecule has 0 aromatic rings. The number of carbonyl (C=O) groups excluding carboxylic acids is 1. The molecule has 6 aliphatic heterocycles. The van der Waals surface area contributed by atoms with Gasteiger partial charge in [0, 0.05) is 30.6 Å². The van der Waals surface area contributed by atoms with Crippen LogP contribution in [0, 0.1) is 0 Å². The van der Waals surface area contributed by atoms with Crippen LogP contribution >= 0.6 is 0 Å². The molecule has 0 saturated carbocycles. The summed E-state index contributed by atoms with van der Waals surface area (Å²) in [5, 5.41) is 11.3. The average molecular weight is 624 g/mol. The number of nitrogens with zero attached hydrogens (tertiary/aromatic N) is 3. The van der Waals surface area contributed by atoms with Crippen LogP contribution in [0.1, 0.15) is 156 Å². The van der Waals surface area contributed by atoms with Crippen LogP contribution in [0.5, 0.6) is 0 Å². The summed E-state index contributed by atoms with van der Waals surface area (Å²) in [6.45, 7) is 8.74. The third kappa shape index (κ3) is 7.67. The van der Waals surface area contributed by atoms with E-state index in [2.05, 4.69) is 53.1 Å². The maximum absolute atomic E-state index is 13.5. The van der Waals surface area contributed by atoms with Crippen molar-refractivity contribution >= 4 is 17.9 Å². The normalized spacial score (nSPS) is 32.3. The minimum atomic E-state index is -0.150. The summed E-state index contributed by atoms with van der Waals surface area (Å²) in [4.78, 5) is 20.9. The van der Waals surface area contributed by atoms with E-state index in [1.807, 2.05) is 0 Å². The molecule has 0 aromatic carbocycles. The van der Waals surface area contributed by atoms with E-state index in [1.165, 1.54) is 108 Å². The fourth-order valence-electron chi connectivity index (χ4n) is 9.37. The van der Waals surface area contributed by atoms with E-state index in [4.69, 9.17) is 9.73 Å². The molecular formula is C37H63N6O2+. The Morgan fingerprint density at radius 3 is 2.36 bits per heavy atom. The highest BCUT2D eigenvalue weighted by atomic mass is 16.5. The molecule has 0 aliphatic carbocycles. The summed E-state index contributed by atoms with van der Waals surface area (Å²) in [7, 11) is 0. The SMILES string of the molecule is CCCCCCCCC[C@@H]1C[C@@H]2CCC3=C(C(=O)O[C@H](C)CCCCC[C@@H]4C[C@@H]5CC[C@@H]6C[C@H](C)NC(=[N+]65)N4)C(C)N=C(N1)N32. The van der Waals surface area contributed by atoms with Crippen LogP contribution < -0.4 is 16.0 Å². The van der Waals surface area contributed by atoms with E-state index in [-0.39, 0.29) is 18.1 Å². The Morgan fingerprint density at radius 1 is 0.889 bits per heavy atom. The molecule has 3 fully saturated rings. The molecule has 252 valence electrons. The summed E-state index contributed by atoms with van der Waals surface area (Å²) in [6, 6.07) is 3.43. The molecule has 0 aromatic heterocycles. The Hall–Kier alpha value is -2.25. The van der Waals surface area contributed by atoms with Gasteiger partial charge in [-0.25, -0.2) is 9.79 Å². The number of unbranched alkanes of at least 4 members (excludes halogenated alkanes) is 8. The maximum Gasteiger partial charge on any atom is 0.346 e. The molecule has 3 N–H and O–H groups in total. The Labute approximate surface area is 273 Å². The number of hydrogen-bond donors (Lipinski definition) is 3. The third-order valence-electron chi connectivity index (χ3n) is 11.7. The van der Waals surface area contributed by atoms with E-state index in [9.17, 15) is 4.79 Å². The van der Waals surface area contributed by atoms with Crippen molar-refractivity contribution < 1.29 is 14.1 Å². The van der Waals surface area contributed by atoms with E-state index in [1.54, 1.807) is 0 Å². The van der Waals surface area contributed by atoms with Crippen molar-refractivity contribution in [2.75, 3.05) is 0 Å². The highest BCUT2D eigenvalue weighted by Gasteiger charge is 2.46. The van der Waals surface area contributed by atoms with Crippen LogP contribution in [0.15, 0.2) is 16.3 Å². The van der Waals surface area contributed by atoms with Crippen LogP contribution in [0.3, 0.4) is 0 Å². The van der Waals surface area contributed by atoms with Crippen molar-refractivity contribution in [3.8, 4) is 0 Å². The van der Waals surface area contributed by atoms with Gasteiger partial charge in [-0.1, -0.05) is 64.7 Å². The van der Waals surface area contributed by atoms with Crippen molar-refractivity contribution in [3.63, 3.8) is 0 Å². The predicted molar refractivity (Wildman–Crippen MR) is 182 cm³/mol. The lowest BCUT2D eigenvalue weighted by molar-refractivity contribution is -0.593. The molecule has 8 heteroatoms. The second-order valence-corrected chi connectivity index (χ2v) is 15.4. The molecule has 45 heavy (non-hydrogen) atoms. The lowest BCUT2D eigenvalue weighted by Crippen LogP contribution is -2.61. The molecule has 6 rings (SSSR count). The van der Waals surface area contributed by atoms with Gasteiger partial charge in [0.25, 0.3) is 0 Å². The van der Waals surface area contributed by atoms with Crippen molar-refractivity contribution in [1.29, 1.82) is 0 Å². The predicted octanol–water partition coefficient (Wildman–Crippen LogP) is 6.49. The van der Waals surface area contributed by atoms with Gasteiger partial charge in [0.1, 0.15) is 0 Å². The fraction of sp³-hybridized carbons (Fsp3) is 0.865. The Kier molecular flexibility index (Phi) is 11.0. The second kappa shape index (κ2) is 15.1. The summed E-state index contributed by atoms with van der Waals surface area (Å²) in [5.41, 5.74) is 1.97. The number of carbonyl (C=O) groups is 1. The number of esters is 1. The standard InChI is InChI=1S/C37H62N6O2/c1-5-6-7-8-9-10-13-16-29-24-32-20-21-33-34(27(4)39-37(41-29)43(32)33)35(44)45-26(3)15-12-11-14-17-28-23-31-19-18-30-22-25(2)38-36(40-28)42(30)31/h25-32H,5-24H2,1-4H3,(H2,38,39,40,41)/p+1/t25-,26+,27?,28+,29+,30+,31-,32-/m0/s1. The molecule has 0 bridgehead atoms. The quantitative estimate of drug-likeness (QED) is 0.104. The maximum atomic E-state index is 13.5. The number of ether oxygens (including phenoxy) is 1. The Bertz CT molecular complexity index is 1130. The van der Waals surface area contributed by atoms with E-state index in [0.717, 1.165) is 55.7 Å². The van der Waals surface area contributed by atoms with Crippen LogP contribution in [-0.4, -0.2) is 75.8 Å². The van der Waals surface area contributed by atoms with Gasteiger partial charge in [0.05, 0.1) is 41.9 Å². The average Bonchev–Trinajstić information content (AvgIpc) is 3.61. The van der Waals surface area contributed by atoms with Crippen molar-refractivity contribution in [3.05, 3.63) is 11.3 Å². The van der Waals surface area contributed by atoms with Gasteiger partial charge < -0.3 is 15.0 Å². The Balaban J connectivity index is 0.908. The number of guanidine groups is 2. The highest BCUT2D eigenvalue weighted by molar-refractivity contribution is 5.96. The molecule has 0 spiro atoms. The summed E-state index contributed by atoms with van der Waals surface area (Å²) >= 11 is 0. The van der Waals surface area contributed by atoms with Gasteiger partial charge >= 0.3 is 11.9 Å². The van der Waals surface area contributed by atoms with Crippen LogP contribution in [-0.2, 0) is 9.53 Å². The first-order valence-electron chi connectivity index (χ1n) is 19.2. The second-order valence-electron chi connectivity index (χ2n) is 15.4. The molecule has 0 radical (unpaired) electrons. The number of aliphatic imine (C=N–C) groups is 1. The van der Waals surface area contributed by atoms with Gasteiger partial charge in [-0.05, 0) is 78.6 Å². The topological polar surface area (TPSA) is 81.0 Å². The van der Waals surface area contributed by atoms with Crippen LogP contribution in [0.25, 0.3) is 0 Å². The van der Waals surface area contributed by atoms with Crippen molar-refractivity contribution in [2.24, 2.45) is 4.99 Å². The summed E-state index contributed by atoms with van der Waals surface area (Å²) in [5.74, 6) is 2.17. The first-order valence-corrected chi connectivity index (χ1v) is 19.2. The van der Waals surface area contributed by atoms with E-state index >= 15 is 0 Å². The number of allylic oxidation sites excluding steroid dienone is 1. The molecular weight excluding hydrogens is 560 g/mol. The Morgan fingerprint density at radius 2 is 1.58 bits per heavy atom. The lowest BCUT2D eigenvalue weighted by atomic mass is 9.96. The van der Waals surface area contributed by atoms with Gasteiger partial charge in [-0.2, -0.15) is 0 Å².